The Morgan fingerprint density at radius 3 is 2.44 bits per heavy atom. The summed E-state index contributed by atoms with van der Waals surface area (Å²) in [6, 6.07) is 0. The van der Waals surface area contributed by atoms with Gasteiger partial charge in [-0.3, -0.25) is 5.10 Å². The molecule has 1 aliphatic rings. The molecule has 0 aromatic rings. The van der Waals surface area contributed by atoms with Crippen LogP contribution >= 0.6 is 0 Å². The van der Waals surface area contributed by atoms with E-state index in [0.29, 0.717) is 0 Å². The Hall–Kier alpha value is -0.258. The van der Waals surface area contributed by atoms with Crippen molar-refractivity contribution in [2.45, 2.75) is 6.92 Å². The first kappa shape index (κ1) is 8.74. The molecule has 1 rings (SSSR count). The topological polar surface area (TPSA) is 15.6 Å². The van der Waals surface area contributed by atoms with Crippen LogP contribution in [0, 0.1) is 5.92 Å². The van der Waals surface area contributed by atoms with Crippen LogP contribution in [0.5, 0.6) is 0 Å². The summed E-state index contributed by atoms with van der Waals surface area (Å²) in [5.74, 6) is 1.02. The Bertz CT molecular complexity index is 128. The number of nitrogens with zero attached hydrogens (tertiary/aromatic N) is 2. The van der Waals surface area contributed by atoms with Crippen molar-refractivity contribution >= 4 is 6.21 Å². The largest absolute Gasteiger partial charge is 0.327 e. The Morgan fingerprint density at radius 1 is 1.78 bits per heavy atom. The molecule has 1 heterocycles. The van der Waals surface area contributed by atoms with Crippen LogP contribution in [0.2, 0.25) is 0 Å². The molecule has 2 nitrogen and oxygen atoms in total. The predicted molar refractivity (Wildman–Crippen MR) is 33.3 cm³/mol. The Balaban J connectivity index is 0.000000640. The second-order valence-electron chi connectivity index (χ2n) is 1.81. The molecule has 9 heavy (non-hydrogen) atoms. The molecule has 49 valence electrons. The third-order valence-electron chi connectivity index (χ3n) is 1.19. The van der Waals surface area contributed by atoms with Crippen molar-refractivity contribution in [1.82, 2.24) is 5.01 Å². The maximum atomic E-state index is 3.84. The first-order chi connectivity index (χ1) is 3.72. The molecule has 1 aliphatic heterocycles. The predicted octanol–water partition coefficient (Wildman–Crippen LogP) is 0.900. The molecule has 3 heteroatoms. The minimum Gasteiger partial charge on any atom is -0.327 e. The van der Waals surface area contributed by atoms with Crippen molar-refractivity contribution < 1.29 is 20.4 Å². The molecule has 0 unspecified atom stereocenters. The van der Waals surface area contributed by atoms with Gasteiger partial charge in [0.05, 0.1) is 5.70 Å². The van der Waals surface area contributed by atoms with E-state index in [4.69, 9.17) is 0 Å². The third-order valence-corrected chi connectivity index (χ3v) is 1.19. The van der Waals surface area contributed by atoms with Gasteiger partial charge in [0.15, 0.2) is 0 Å². The summed E-state index contributed by atoms with van der Waals surface area (Å²) < 4.78 is 0. The standard InChI is InChI=1S/C6H8N2.Re/c1-5-4-7-8(3)6(5)2;/h2H2,1,3H3;. The first-order valence-corrected chi connectivity index (χ1v) is 2.45. The molecule has 0 bridgehead atoms. The minimum atomic E-state index is 0. The van der Waals surface area contributed by atoms with E-state index < -0.39 is 0 Å². The Kier molecular flexibility index (Phi) is 2.96. The average molecular weight is 294 g/mol. The smallest absolute Gasteiger partial charge is 0.0686 e. The van der Waals surface area contributed by atoms with Crippen molar-refractivity contribution in [3.8, 4) is 0 Å². The molecule has 1 radical (unpaired) electrons. The van der Waals surface area contributed by atoms with Gasteiger partial charge in [0, 0.05) is 27.5 Å². The molecule has 0 aromatic carbocycles. The van der Waals surface area contributed by atoms with Gasteiger partial charge < -0.3 is 5.01 Å². The van der Waals surface area contributed by atoms with Crippen LogP contribution < -0.4 is 0 Å². The molecule has 0 spiro atoms. The van der Waals surface area contributed by atoms with Crippen molar-refractivity contribution in [1.29, 1.82) is 0 Å². The fourth-order valence-corrected chi connectivity index (χ4v) is 0.518. The van der Waals surface area contributed by atoms with Crippen molar-refractivity contribution in [2.24, 2.45) is 5.10 Å². The Labute approximate surface area is 69.3 Å². The van der Waals surface area contributed by atoms with Gasteiger partial charge in [-0.1, -0.05) is 0 Å². The van der Waals surface area contributed by atoms with E-state index in [1.54, 1.807) is 5.01 Å². The number of hydrazone groups is 1. The molecular formula is C6H8N2Re. The van der Waals surface area contributed by atoms with E-state index in [1.165, 1.54) is 0 Å². The van der Waals surface area contributed by atoms with Crippen LogP contribution in [-0.2, 0) is 20.4 Å². The number of hydrogen-bond donors (Lipinski definition) is 0. The van der Waals surface area contributed by atoms with Gasteiger partial charge in [-0.25, -0.2) is 0 Å². The number of hydrogen-bond acceptors (Lipinski definition) is 2. The van der Waals surface area contributed by atoms with Crippen molar-refractivity contribution in [2.75, 3.05) is 7.05 Å². The van der Waals surface area contributed by atoms with E-state index in [0.717, 1.165) is 11.6 Å². The average Bonchev–Trinajstić information content (AvgIpc) is 1.98. The minimum absolute atomic E-state index is 0. The van der Waals surface area contributed by atoms with Gasteiger partial charge in [0.25, 0.3) is 0 Å². The van der Waals surface area contributed by atoms with Crippen LogP contribution in [0.15, 0.2) is 17.4 Å². The summed E-state index contributed by atoms with van der Waals surface area (Å²) in [5, 5.41) is 5.55. The second-order valence-corrected chi connectivity index (χ2v) is 1.81. The monoisotopic (exact) mass is 295 g/mol. The van der Waals surface area contributed by atoms with Crippen LogP contribution in [0.3, 0.4) is 0 Å². The summed E-state index contributed by atoms with van der Waals surface area (Å²) in [6.45, 7) is 5.69. The van der Waals surface area contributed by atoms with Gasteiger partial charge in [0.2, 0.25) is 0 Å². The van der Waals surface area contributed by atoms with Gasteiger partial charge >= 0.3 is 0 Å². The van der Waals surface area contributed by atoms with E-state index in [1.807, 2.05) is 14.0 Å². The fraction of sp³-hybridized carbons (Fsp3) is 0.333. The van der Waals surface area contributed by atoms with Gasteiger partial charge in [-0.2, -0.15) is 0 Å². The Morgan fingerprint density at radius 2 is 2.33 bits per heavy atom. The zero-order chi connectivity index (χ0) is 6.15. The van der Waals surface area contributed by atoms with Crippen LogP contribution in [0.4, 0.5) is 0 Å². The molecule has 0 aromatic heterocycles. The molecular weight excluding hydrogens is 286 g/mol. The molecule has 0 saturated carbocycles. The van der Waals surface area contributed by atoms with Gasteiger partial charge in [-0.05, 0) is 25.6 Å². The molecule has 0 saturated heterocycles. The fourth-order valence-electron chi connectivity index (χ4n) is 0.518. The molecule has 0 aliphatic carbocycles. The third kappa shape index (κ3) is 1.57. The second kappa shape index (κ2) is 3.05. The van der Waals surface area contributed by atoms with Crippen molar-refractivity contribution in [3.05, 3.63) is 18.2 Å². The summed E-state index contributed by atoms with van der Waals surface area (Å²) in [6.07, 6.45) is 2.79. The van der Waals surface area contributed by atoms with E-state index >= 15 is 0 Å². The summed E-state index contributed by atoms with van der Waals surface area (Å²) >= 11 is 0. The van der Waals surface area contributed by atoms with Crippen LogP contribution in [0.25, 0.3) is 0 Å². The van der Waals surface area contributed by atoms with Gasteiger partial charge in [0.1, 0.15) is 0 Å². The van der Waals surface area contributed by atoms with Gasteiger partial charge in [-0.15, -0.1) is 0 Å². The van der Waals surface area contributed by atoms with Crippen LogP contribution in [-0.4, -0.2) is 18.3 Å². The molecule has 0 N–H and O–H groups in total. The zero-order valence-corrected chi connectivity index (χ0v) is 8.20. The van der Waals surface area contributed by atoms with E-state index in [9.17, 15) is 0 Å². The normalized spacial score (nSPS) is 16.4. The number of allylic oxidation sites excluding steroid dienone is 1. The SMILES string of the molecule is C=C1[C+](C)[C-]=NN1C.[Re]. The molecule has 0 atom stereocenters. The summed E-state index contributed by atoms with van der Waals surface area (Å²) in [5.41, 5.74) is 0.935. The zero-order valence-electron chi connectivity index (χ0n) is 5.48. The van der Waals surface area contributed by atoms with E-state index in [-0.39, 0.29) is 20.4 Å². The van der Waals surface area contributed by atoms with Crippen LogP contribution in [0.1, 0.15) is 6.92 Å². The van der Waals surface area contributed by atoms with E-state index in [2.05, 4.69) is 17.9 Å². The number of rotatable bonds is 0. The quantitative estimate of drug-likeness (QED) is 0.606. The maximum Gasteiger partial charge on any atom is 0.0686 e. The summed E-state index contributed by atoms with van der Waals surface area (Å²) in [4.78, 5) is 0. The molecule has 0 amide bonds. The maximum absolute atomic E-state index is 3.84. The van der Waals surface area contributed by atoms with Crippen molar-refractivity contribution in [3.63, 3.8) is 0 Å². The first-order valence-electron chi connectivity index (χ1n) is 2.45. The summed E-state index contributed by atoms with van der Waals surface area (Å²) in [7, 11) is 1.85. The molecule has 0 fully saturated rings.